The number of halogens is 3. The Morgan fingerprint density at radius 1 is 0.938 bits per heavy atom. The lowest BCUT2D eigenvalue weighted by molar-refractivity contribution is 0.435. The van der Waals surface area contributed by atoms with Crippen molar-refractivity contribution in [3.63, 3.8) is 0 Å². The van der Waals surface area contributed by atoms with Crippen LogP contribution in [0.2, 0.25) is 0 Å². The Morgan fingerprint density at radius 2 is 1.69 bits per heavy atom. The summed E-state index contributed by atoms with van der Waals surface area (Å²) in [5, 5.41) is 0. The molecule has 16 heavy (non-hydrogen) atoms. The van der Waals surface area contributed by atoms with E-state index in [4.69, 9.17) is 4.74 Å². The fourth-order valence-corrected chi connectivity index (χ4v) is 1.57. The first-order valence-electron chi connectivity index (χ1n) is 4.54. The Morgan fingerprint density at radius 3 is 2.38 bits per heavy atom. The summed E-state index contributed by atoms with van der Waals surface area (Å²) in [5.41, 5.74) is 0. The van der Waals surface area contributed by atoms with E-state index in [0.29, 0.717) is 10.2 Å². The molecule has 0 heterocycles. The zero-order valence-electron chi connectivity index (χ0n) is 8.08. The highest BCUT2D eigenvalue weighted by molar-refractivity contribution is 9.10. The number of hydrogen-bond acceptors (Lipinski definition) is 1. The number of benzene rings is 2. The van der Waals surface area contributed by atoms with Gasteiger partial charge in [0.1, 0.15) is 11.6 Å². The molecule has 0 saturated carbocycles. The second-order valence-corrected chi connectivity index (χ2v) is 3.96. The zero-order valence-corrected chi connectivity index (χ0v) is 9.67. The molecule has 0 bridgehead atoms. The molecule has 0 radical (unpaired) electrons. The van der Waals surface area contributed by atoms with Crippen LogP contribution in [0.4, 0.5) is 8.78 Å². The van der Waals surface area contributed by atoms with Crippen molar-refractivity contribution in [3.05, 3.63) is 58.6 Å². The zero-order chi connectivity index (χ0) is 11.5. The Balaban J connectivity index is 2.31. The van der Waals surface area contributed by atoms with Gasteiger partial charge in [-0.2, -0.15) is 0 Å². The number of rotatable bonds is 2. The maximum Gasteiger partial charge on any atom is 0.168 e. The van der Waals surface area contributed by atoms with Gasteiger partial charge in [0.05, 0.1) is 4.47 Å². The molecule has 0 atom stereocenters. The maximum absolute atomic E-state index is 13.3. The fourth-order valence-electron chi connectivity index (χ4n) is 1.20. The van der Waals surface area contributed by atoms with Crippen LogP contribution >= 0.6 is 15.9 Å². The average molecular weight is 285 g/mol. The maximum atomic E-state index is 13.3. The lowest BCUT2D eigenvalue weighted by atomic mass is 10.3. The van der Waals surface area contributed by atoms with Gasteiger partial charge in [0, 0.05) is 6.07 Å². The first-order chi connectivity index (χ1) is 7.66. The molecule has 0 saturated heterocycles. The van der Waals surface area contributed by atoms with Crippen molar-refractivity contribution in [2.45, 2.75) is 0 Å². The largest absolute Gasteiger partial charge is 0.453 e. The summed E-state index contributed by atoms with van der Waals surface area (Å²) in [6, 6.07) is 10.2. The second kappa shape index (κ2) is 4.61. The Kier molecular flexibility index (Phi) is 3.19. The molecule has 1 nitrogen and oxygen atoms in total. The highest BCUT2D eigenvalue weighted by Gasteiger charge is 2.07. The quantitative estimate of drug-likeness (QED) is 0.788. The number of hydrogen-bond donors (Lipinski definition) is 0. The molecule has 2 rings (SSSR count). The van der Waals surface area contributed by atoms with Gasteiger partial charge in [-0.05, 0) is 40.2 Å². The first kappa shape index (κ1) is 11.1. The third kappa shape index (κ3) is 2.39. The van der Waals surface area contributed by atoms with Gasteiger partial charge in [-0.15, -0.1) is 0 Å². The summed E-state index contributed by atoms with van der Waals surface area (Å²) in [6.07, 6.45) is 0. The van der Waals surface area contributed by atoms with Crippen molar-refractivity contribution in [1.29, 1.82) is 0 Å². The van der Waals surface area contributed by atoms with Crippen LogP contribution in [0.3, 0.4) is 0 Å². The van der Waals surface area contributed by atoms with Crippen LogP contribution in [-0.2, 0) is 0 Å². The lowest BCUT2D eigenvalue weighted by Crippen LogP contribution is -1.89. The SMILES string of the molecule is Fc1ccc(Oc2ccccc2Br)c(F)c1. The molecule has 0 amide bonds. The minimum absolute atomic E-state index is 0.00620. The predicted octanol–water partition coefficient (Wildman–Crippen LogP) is 4.52. The summed E-state index contributed by atoms with van der Waals surface area (Å²) in [4.78, 5) is 0. The summed E-state index contributed by atoms with van der Waals surface area (Å²) in [5.74, 6) is -0.881. The molecular formula is C12H7BrF2O. The van der Waals surface area contributed by atoms with Gasteiger partial charge in [0.25, 0.3) is 0 Å². The topological polar surface area (TPSA) is 9.23 Å². The smallest absolute Gasteiger partial charge is 0.168 e. The van der Waals surface area contributed by atoms with Crippen LogP contribution in [0, 0.1) is 11.6 Å². The Hall–Kier alpha value is -1.42. The van der Waals surface area contributed by atoms with Crippen LogP contribution < -0.4 is 4.74 Å². The van der Waals surface area contributed by atoms with Crippen molar-refractivity contribution in [3.8, 4) is 11.5 Å². The van der Waals surface area contributed by atoms with Gasteiger partial charge in [-0.1, -0.05) is 12.1 Å². The van der Waals surface area contributed by atoms with Gasteiger partial charge >= 0.3 is 0 Å². The highest BCUT2D eigenvalue weighted by Crippen LogP contribution is 2.30. The van der Waals surface area contributed by atoms with Crippen molar-refractivity contribution in [2.75, 3.05) is 0 Å². The summed E-state index contributed by atoms with van der Waals surface area (Å²) < 4.78 is 32.0. The minimum atomic E-state index is -0.726. The van der Waals surface area contributed by atoms with E-state index in [1.807, 2.05) is 6.07 Å². The summed E-state index contributed by atoms with van der Waals surface area (Å²) in [6.45, 7) is 0. The third-order valence-electron chi connectivity index (χ3n) is 1.95. The standard InChI is InChI=1S/C12H7BrF2O/c13-9-3-1-2-4-11(9)16-12-6-5-8(14)7-10(12)15/h1-7H. The molecule has 0 unspecified atom stereocenters. The van der Waals surface area contributed by atoms with E-state index in [-0.39, 0.29) is 5.75 Å². The monoisotopic (exact) mass is 284 g/mol. The normalized spacial score (nSPS) is 10.2. The van der Waals surface area contributed by atoms with Gasteiger partial charge in [0.15, 0.2) is 11.6 Å². The van der Waals surface area contributed by atoms with E-state index >= 15 is 0 Å². The van der Waals surface area contributed by atoms with Crippen molar-refractivity contribution >= 4 is 15.9 Å². The molecule has 0 aliphatic carbocycles. The van der Waals surface area contributed by atoms with E-state index in [1.165, 1.54) is 6.07 Å². The molecule has 2 aromatic rings. The minimum Gasteiger partial charge on any atom is -0.453 e. The van der Waals surface area contributed by atoms with Crippen LogP contribution in [0.15, 0.2) is 46.9 Å². The summed E-state index contributed by atoms with van der Waals surface area (Å²) in [7, 11) is 0. The van der Waals surface area contributed by atoms with E-state index in [9.17, 15) is 8.78 Å². The van der Waals surface area contributed by atoms with Gasteiger partial charge in [-0.3, -0.25) is 0 Å². The van der Waals surface area contributed by atoms with Crippen molar-refractivity contribution in [2.24, 2.45) is 0 Å². The summed E-state index contributed by atoms with van der Waals surface area (Å²) >= 11 is 3.27. The van der Waals surface area contributed by atoms with E-state index < -0.39 is 11.6 Å². The average Bonchev–Trinajstić information content (AvgIpc) is 2.25. The molecule has 0 aromatic heterocycles. The van der Waals surface area contributed by atoms with Crippen LogP contribution in [0.1, 0.15) is 0 Å². The Labute approximate surface area is 99.8 Å². The molecular weight excluding hydrogens is 278 g/mol. The molecule has 0 fully saturated rings. The Bertz CT molecular complexity index is 514. The number of ether oxygens (including phenoxy) is 1. The highest BCUT2D eigenvalue weighted by atomic mass is 79.9. The van der Waals surface area contributed by atoms with Gasteiger partial charge in [-0.25, -0.2) is 8.78 Å². The van der Waals surface area contributed by atoms with Crippen molar-refractivity contribution < 1.29 is 13.5 Å². The van der Waals surface area contributed by atoms with Crippen LogP contribution in [-0.4, -0.2) is 0 Å². The molecule has 0 N–H and O–H groups in total. The van der Waals surface area contributed by atoms with E-state index in [1.54, 1.807) is 18.2 Å². The van der Waals surface area contributed by atoms with Gasteiger partial charge < -0.3 is 4.74 Å². The molecule has 0 aliphatic heterocycles. The first-order valence-corrected chi connectivity index (χ1v) is 5.33. The lowest BCUT2D eigenvalue weighted by Gasteiger charge is -2.07. The van der Waals surface area contributed by atoms with E-state index in [0.717, 1.165) is 12.1 Å². The molecule has 4 heteroatoms. The number of para-hydroxylation sites is 1. The van der Waals surface area contributed by atoms with Crippen LogP contribution in [0.25, 0.3) is 0 Å². The molecule has 2 aromatic carbocycles. The molecule has 0 spiro atoms. The molecule has 0 aliphatic rings. The van der Waals surface area contributed by atoms with Crippen LogP contribution in [0.5, 0.6) is 11.5 Å². The fraction of sp³-hybridized carbons (Fsp3) is 0. The molecule has 82 valence electrons. The predicted molar refractivity (Wildman–Crippen MR) is 60.6 cm³/mol. The van der Waals surface area contributed by atoms with Crippen molar-refractivity contribution in [1.82, 2.24) is 0 Å². The van der Waals surface area contributed by atoms with E-state index in [2.05, 4.69) is 15.9 Å². The van der Waals surface area contributed by atoms with Gasteiger partial charge in [0.2, 0.25) is 0 Å². The third-order valence-corrected chi connectivity index (χ3v) is 2.61. The second-order valence-electron chi connectivity index (χ2n) is 3.11.